The monoisotopic (exact) mass is 392 g/mol. The van der Waals surface area contributed by atoms with Crippen LogP contribution >= 0.6 is 6.72 Å². The lowest BCUT2D eigenvalue weighted by molar-refractivity contribution is 0.106. The van der Waals surface area contributed by atoms with Gasteiger partial charge in [0.1, 0.15) is 6.33 Å². The van der Waals surface area contributed by atoms with Gasteiger partial charge in [0.15, 0.2) is 16.8 Å². The lowest BCUT2D eigenvalue weighted by Crippen LogP contribution is -2.29. The Labute approximate surface area is 154 Å². The molecule has 1 N–H and O–H groups in total. The molecule has 1 fully saturated rings. The van der Waals surface area contributed by atoms with Crippen LogP contribution in [0.15, 0.2) is 25.0 Å². The van der Waals surface area contributed by atoms with Gasteiger partial charge in [-0.3, -0.25) is 4.40 Å². The zero-order chi connectivity index (χ0) is 18.1. The highest BCUT2D eigenvalue weighted by Crippen LogP contribution is 2.47. The van der Waals surface area contributed by atoms with E-state index >= 15 is 0 Å². The summed E-state index contributed by atoms with van der Waals surface area (Å²) in [5.74, 6) is 0.293. The molecule has 1 aliphatic carbocycles. The van der Waals surface area contributed by atoms with E-state index in [1.54, 1.807) is 18.9 Å². The molecule has 3 aromatic heterocycles. The van der Waals surface area contributed by atoms with Gasteiger partial charge in [-0.25, -0.2) is 15.0 Å². The molecule has 3 aromatic rings. The number of aromatic nitrogens is 5. The highest BCUT2D eigenvalue weighted by molar-refractivity contribution is 8.07. The average Bonchev–Trinajstić information content (AvgIpc) is 3.19. The molecule has 26 heavy (non-hydrogen) atoms. The second-order valence-electron chi connectivity index (χ2n) is 6.22. The van der Waals surface area contributed by atoms with E-state index < -0.39 is 6.72 Å². The topological polar surface area (TPSA) is 110 Å². The van der Waals surface area contributed by atoms with Gasteiger partial charge in [-0.2, -0.15) is 5.26 Å². The van der Waals surface area contributed by atoms with Crippen molar-refractivity contribution < 1.29 is 13.9 Å². The van der Waals surface area contributed by atoms with Crippen molar-refractivity contribution in [2.45, 2.75) is 25.3 Å². The van der Waals surface area contributed by atoms with E-state index in [2.05, 4.69) is 19.5 Å². The fourth-order valence-electron chi connectivity index (χ4n) is 3.12. The molecule has 0 aliphatic heterocycles. The van der Waals surface area contributed by atoms with Crippen LogP contribution in [0.2, 0.25) is 0 Å². The molecule has 1 atom stereocenters. The van der Waals surface area contributed by atoms with Crippen molar-refractivity contribution in [3.63, 3.8) is 0 Å². The van der Waals surface area contributed by atoms with Crippen LogP contribution in [0, 0.1) is 17.2 Å². The summed E-state index contributed by atoms with van der Waals surface area (Å²) in [7, 11) is 0. The molecule has 1 saturated carbocycles. The van der Waals surface area contributed by atoms with Crippen molar-refractivity contribution in [3.8, 4) is 6.07 Å². The molecule has 0 bridgehead atoms. The number of nitrogens with zero attached hydrogens (tertiary/aromatic N) is 6. The third kappa shape index (κ3) is 3.37. The van der Waals surface area contributed by atoms with Crippen LogP contribution in [0.1, 0.15) is 25.3 Å². The Morgan fingerprint density at radius 1 is 1.27 bits per heavy atom. The van der Waals surface area contributed by atoms with E-state index in [0.29, 0.717) is 12.5 Å². The van der Waals surface area contributed by atoms with Crippen LogP contribution in [-0.4, -0.2) is 42.0 Å². The zero-order valence-corrected chi connectivity index (χ0v) is 15.5. The van der Waals surface area contributed by atoms with E-state index in [0.717, 1.165) is 29.7 Å². The number of imidazole rings is 2. The molecule has 1 unspecified atom stereocenters. The minimum atomic E-state index is -3.26. The fraction of sp³-hybridized carbons (Fsp3) is 0.467. The smallest absolute Gasteiger partial charge is 0.324 e. The van der Waals surface area contributed by atoms with Crippen molar-refractivity contribution in [1.82, 2.24) is 23.9 Å². The van der Waals surface area contributed by atoms with E-state index in [9.17, 15) is 4.89 Å². The number of fused-ring (bicyclic) bond motifs is 3. The van der Waals surface area contributed by atoms with Gasteiger partial charge in [0, 0.05) is 18.4 Å². The summed E-state index contributed by atoms with van der Waals surface area (Å²) in [4.78, 5) is 23.2. The maximum absolute atomic E-state index is 9.92. The second kappa shape index (κ2) is 7.02. The predicted octanol–water partition coefficient (Wildman–Crippen LogP) is 2.19. The Morgan fingerprint density at radius 2 is 2.12 bits per heavy atom. The third-order valence-electron chi connectivity index (χ3n) is 4.50. The second-order valence-corrected chi connectivity index (χ2v) is 9.06. The zero-order valence-electron chi connectivity index (χ0n) is 13.8. The standard InChI is InChI=1S/C15H17N6O3PS/c16-2-1-5-23-25(22,26)24-8-11-6-12(7-11)21-10-18-13-14-17-3-4-20(14)9-19-15(13)21/h3-4,9-12H,1,5-8H2,(H,22,26). The number of hydrogen-bond acceptors (Lipinski definition) is 7. The van der Waals surface area contributed by atoms with E-state index in [4.69, 9.17) is 26.1 Å². The van der Waals surface area contributed by atoms with E-state index in [1.165, 1.54) is 0 Å². The van der Waals surface area contributed by atoms with Crippen LogP contribution in [0.3, 0.4) is 0 Å². The first-order chi connectivity index (χ1) is 12.6. The van der Waals surface area contributed by atoms with Crippen molar-refractivity contribution >= 4 is 35.3 Å². The van der Waals surface area contributed by atoms with Gasteiger partial charge in [0.2, 0.25) is 0 Å². The molecule has 1 aliphatic rings. The first-order valence-corrected chi connectivity index (χ1v) is 10.8. The summed E-state index contributed by atoms with van der Waals surface area (Å²) < 4.78 is 14.4. The van der Waals surface area contributed by atoms with Gasteiger partial charge in [-0.1, -0.05) is 0 Å². The summed E-state index contributed by atoms with van der Waals surface area (Å²) in [6.45, 7) is -2.82. The number of hydrogen-bond donors (Lipinski definition) is 1. The molecule has 9 nitrogen and oxygen atoms in total. The van der Waals surface area contributed by atoms with Gasteiger partial charge in [0.05, 0.1) is 32.0 Å². The largest absolute Gasteiger partial charge is 0.324 e. The predicted molar refractivity (Wildman–Crippen MR) is 96.7 cm³/mol. The normalized spacial score (nSPS) is 22.2. The summed E-state index contributed by atoms with van der Waals surface area (Å²) in [5, 5.41) is 8.48. The van der Waals surface area contributed by atoms with Crippen molar-refractivity contribution in [3.05, 3.63) is 25.0 Å². The highest BCUT2D eigenvalue weighted by atomic mass is 32.5. The molecular formula is C15H17N6O3PS. The Hall–Kier alpha value is -1.89. The van der Waals surface area contributed by atoms with Crippen molar-refractivity contribution in [2.75, 3.05) is 13.2 Å². The molecule has 4 rings (SSSR count). The van der Waals surface area contributed by atoms with Crippen molar-refractivity contribution in [2.24, 2.45) is 5.92 Å². The van der Waals surface area contributed by atoms with E-state index in [-0.39, 0.29) is 19.1 Å². The first-order valence-electron chi connectivity index (χ1n) is 8.20. The highest BCUT2D eigenvalue weighted by Gasteiger charge is 2.33. The maximum Gasteiger partial charge on any atom is 0.324 e. The Morgan fingerprint density at radius 3 is 2.92 bits per heavy atom. The minimum Gasteiger partial charge on any atom is -0.324 e. The summed E-state index contributed by atoms with van der Waals surface area (Å²) in [6, 6.07) is 2.22. The van der Waals surface area contributed by atoms with Gasteiger partial charge in [0.25, 0.3) is 0 Å². The van der Waals surface area contributed by atoms with E-state index in [1.807, 2.05) is 16.7 Å². The van der Waals surface area contributed by atoms with Crippen molar-refractivity contribution in [1.29, 1.82) is 5.26 Å². The summed E-state index contributed by atoms with van der Waals surface area (Å²) in [5.41, 5.74) is 2.40. The van der Waals surface area contributed by atoms with Crippen LogP contribution in [-0.2, 0) is 20.9 Å². The molecule has 11 heteroatoms. The number of nitriles is 1. The van der Waals surface area contributed by atoms with Crippen LogP contribution < -0.4 is 0 Å². The molecule has 0 aromatic carbocycles. The van der Waals surface area contributed by atoms with Gasteiger partial charge < -0.3 is 18.5 Å². The van der Waals surface area contributed by atoms with Gasteiger partial charge in [-0.05, 0) is 30.6 Å². The molecule has 0 saturated heterocycles. The minimum absolute atomic E-state index is 0.0898. The molecule has 136 valence electrons. The van der Waals surface area contributed by atoms with Gasteiger partial charge >= 0.3 is 6.72 Å². The quantitative estimate of drug-likeness (QED) is 0.481. The molecule has 0 amide bonds. The van der Waals surface area contributed by atoms with Crippen LogP contribution in [0.5, 0.6) is 0 Å². The van der Waals surface area contributed by atoms with Crippen LogP contribution in [0.25, 0.3) is 16.8 Å². The lowest BCUT2D eigenvalue weighted by Gasteiger charge is -2.36. The number of rotatable bonds is 7. The fourth-order valence-corrected chi connectivity index (χ4v) is 4.32. The molecule has 0 radical (unpaired) electrons. The average molecular weight is 392 g/mol. The summed E-state index contributed by atoms with van der Waals surface area (Å²) in [6.07, 6.45) is 9.07. The Bertz CT molecular complexity index is 1020. The lowest BCUT2D eigenvalue weighted by atomic mass is 9.81. The Balaban J connectivity index is 1.36. The van der Waals surface area contributed by atoms with Crippen LogP contribution in [0.4, 0.5) is 0 Å². The van der Waals surface area contributed by atoms with Gasteiger partial charge in [-0.15, -0.1) is 0 Å². The Kier molecular flexibility index (Phi) is 4.73. The first kappa shape index (κ1) is 17.5. The molecular weight excluding hydrogens is 375 g/mol. The maximum atomic E-state index is 9.92. The summed E-state index contributed by atoms with van der Waals surface area (Å²) >= 11 is 4.93. The SMILES string of the molecule is N#CCCOP(O)(=S)OCC1CC(n2cnc3c2ncn2ccnc32)C1. The molecule has 3 heterocycles. The third-order valence-corrected chi connectivity index (χ3v) is 6.12. The molecule has 0 spiro atoms.